The molecule has 0 aliphatic heterocycles. The van der Waals surface area contributed by atoms with E-state index in [4.69, 9.17) is 10.00 Å². The van der Waals surface area contributed by atoms with Crippen LogP contribution in [0.15, 0.2) is 0 Å². The number of rotatable bonds is 7. The van der Waals surface area contributed by atoms with Gasteiger partial charge in [0.15, 0.2) is 0 Å². The van der Waals surface area contributed by atoms with Crippen LogP contribution in [0.25, 0.3) is 0 Å². The largest absolute Gasteiger partial charge is 0.465 e. The number of nitrogens with zero attached hydrogens (tertiary/aromatic N) is 1. The maximum absolute atomic E-state index is 11.3. The lowest BCUT2D eigenvalue weighted by Gasteiger charge is -2.16. The Morgan fingerprint density at radius 2 is 2.19 bits per heavy atom. The highest BCUT2D eigenvalue weighted by Gasteiger charge is 2.17. The lowest BCUT2D eigenvalue weighted by Crippen LogP contribution is -2.36. The quantitative estimate of drug-likeness (QED) is 0.531. The van der Waals surface area contributed by atoms with E-state index in [2.05, 4.69) is 11.4 Å². The minimum absolute atomic E-state index is 0.220. The molecule has 0 fully saturated rings. The molecule has 4 heteroatoms. The molecule has 0 saturated heterocycles. The zero-order valence-electron chi connectivity index (χ0n) is 10.7. The van der Waals surface area contributed by atoms with Gasteiger partial charge in [0.1, 0.15) is 6.04 Å². The molecule has 92 valence electrons. The number of carbonyl (C=O) groups excluding carboxylic acids is 1. The molecule has 0 bridgehead atoms. The zero-order chi connectivity index (χ0) is 12.6. The summed E-state index contributed by atoms with van der Waals surface area (Å²) in [5, 5.41) is 11.9. The summed E-state index contributed by atoms with van der Waals surface area (Å²) in [4.78, 5) is 11.3. The summed E-state index contributed by atoms with van der Waals surface area (Å²) in [6, 6.07) is 1.98. The number of hydrogen-bond donors (Lipinski definition) is 1. The van der Waals surface area contributed by atoms with Crippen molar-refractivity contribution in [2.45, 2.75) is 46.6 Å². The molecule has 1 unspecified atom stereocenters. The molecular formula is C12H22N2O2. The van der Waals surface area contributed by atoms with Gasteiger partial charge in [-0.3, -0.25) is 4.79 Å². The summed E-state index contributed by atoms with van der Waals surface area (Å²) >= 11 is 0. The molecule has 0 aromatic rings. The van der Waals surface area contributed by atoms with E-state index in [0.717, 1.165) is 19.4 Å². The van der Waals surface area contributed by atoms with Gasteiger partial charge in [-0.1, -0.05) is 0 Å². The second-order valence-corrected chi connectivity index (χ2v) is 4.53. The lowest BCUT2D eigenvalue weighted by atomic mass is 9.90. The first-order chi connectivity index (χ1) is 7.43. The maximum atomic E-state index is 11.3. The monoisotopic (exact) mass is 226 g/mol. The van der Waals surface area contributed by atoms with Crippen molar-refractivity contribution in [3.63, 3.8) is 0 Å². The number of carbonyl (C=O) groups is 1. The average Bonchev–Trinajstić information content (AvgIpc) is 2.24. The van der Waals surface area contributed by atoms with Gasteiger partial charge in [0, 0.05) is 0 Å². The fraction of sp³-hybridized carbons (Fsp3) is 0.833. The van der Waals surface area contributed by atoms with Gasteiger partial charge in [0.05, 0.1) is 18.1 Å². The first-order valence-corrected chi connectivity index (χ1v) is 5.74. The summed E-state index contributed by atoms with van der Waals surface area (Å²) in [5.74, 6) is -0.220. The number of ether oxygens (including phenoxy) is 1. The molecule has 0 rings (SSSR count). The third-order valence-corrected chi connectivity index (χ3v) is 2.37. The smallest absolute Gasteiger partial charge is 0.322 e. The van der Waals surface area contributed by atoms with E-state index in [1.807, 2.05) is 13.8 Å². The van der Waals surface area contributed by atoms with Crippen molar-refractivity contribution in [1.82, 2.24) is 5.32 Å². The van der Waals surface area contributed by atoms with Crippen LogP contribution >= 0.6 is 0 Å². The molecule has 4 nitrogen and oxygen atoms in total. The highest BCUT2D eigenvalue weighted by molar-refractivity contribution is 5.75. The Hall–Kier alpha value is -1.08. The Morgan fingerprint density at radius 3 is 2.69 bits per heavy atom. The second-order valence-electron chi connectivity index (χ2n) is 4.53. The first kappa shape index (κ1) is 14.9. The molecule has 1 atom stereocenters. The Bertz CT molecular complexity index is 256. The van der Waals surface area contributed by atoms with Crippen molar-refractivity contribution in [1.29, 1.82) is 5.26 Å². The number of nitrogens with one attached hydrogen (secondary N) is 1. The van der Waals surface area contributed by atoms with E-state index < -0.39 is 0 Å². The predicted molar refractivity (Wildman–Crippen MR) is 62.7 cm³/mol. The molecule has 0 spiro atoms. The fourth-order valence-corrected chi connectivity index (χ4v) is 1.26. The number of esters is 1. The zero-order valence-corrected chi connectivity index (χ0v) is 10.7. The topological polar surface area (TPSA) is 62.1 Å². The average molecular weight is 226 g/mol. The standard InChI is InChI=1S/C12H22N2O2/c1-5-16-11(15)10(2)14-8-6-7-12(3,4)9-13/h10,14H,5-8H2,1-4H3. The van der Waals surface area contributed by atoms with Crippen LogP contribution < -0.4 is 5.32 Å². The van der Waals surface area contributed by atoms with Crippen LogP contribution in [0, 0.1) is 16.7 Å². The van der Waals surface area contributed by atoms with Gasteiger partial charge in [0.2, 0.25) is 0 Å². The molecule has 0 aliphatic rings. The maximum Gasteiger partial charge on any atom is 0.322 e. The number of nitriles is 1. The Kier molecular flexibility index (Phi) is 6.75. The predicted octanol–water partition coefficient (Wildman–Crippen LogP) is 1.86. The van der Waals surface area contributed by atoms with Crippen molar-refractivity contribution < 1.29 is 9.53 Å². The summed E-state index contributed by atoms with van der Waals surface area (Å²) in [6.45, 7) is 8.55. The normalized spacial score (nSPS) is 12.9. The summed E-state index contributed by atoms with van der Waals surface area (Å²) in [5.41, 5.74) is -0.283. The van der Waals surface area contributed by atoms with E-state index in [-0.39, 0.29) is 17.4 Å². The summed E-state index contributed by atoms with van der Waals surface area (Å²) in [6.07, 6.45) is 1.70. The minimum atomic E-state index is -0.283. The number of hydrogen-bond acceptors (Lipinski definition) is 4. The third-order valence-electron chi connectivity index (χ3n) is 2.37. The van der Waals surface area contributed by atoms with E-state index in [9.17, 15) is 4.79 Å². The van der Waals surface area contributed by atoms with Crippen molar-refractivity contribution in [2.75, 3.05) is 13.2 Å². The van der Waals surface area contributed by atoms with E-state index in [0.29, 0.717) is 6.61 Å². The Labute approximate surface area is 98.0 Å². The van der Waals surface area contributed by atoms with E-state index >= 15 is 0 Å². The van der Waals surface area contributed by atoms with Gasteiger partial charge in [-0.25, -0.2) is 0 Å². The SMILES string of the molecule is CCOC(=O)C(C)NCCCC(C)(C)C#N. The molecule has 0 radical (unpaired) electrons. The lowest BCUT2D eigenvalue weighted by molar-refractivity contribution is -0.145. The van der Waals surface area contributed by atoms with Gasteiger partial charge < -0.3 is 10.1 Å². The van der Waals surface area contributed by atoms with Gasteiger partial charge in [-0.15, -0.1) is 0 Å². The van der Waals surface area contributed by atoms with Crippen LogP contribution in [-0.4, -0.2) is 25.2 Å². The molecule has 0 aromatic carbocycles. The van der Waals surface area contributed by atoms with Crippen LogP contribution in [0.3, 0.4) is 0 Å². The van der Waals surface area contributed by atoms with Crippen LogP contribution in [-0.2, 0) is 9.53 Å². The molecule has 0 amide bonds. The van der Waals surface area contributed by atoms with E-state index in [1.165, 1.54) is 0 Å². The van der Waals surface area contributed by atoms with Crippen LogP contribution in [0.5, 0.6) is 0 Å². The second kappa shape index (κ2) is 7.24. The highest BCUT2D eigenvalue weighted by Crippen LogP contribution is 2.19. The van der Waals surface area contributed by atoms with E-state index in [1.54, 1.807) is 13.8 Å². The van der Waals surface area contributed by atoms with Crippen molar-refractivity contribution in [3.05, 3.63) is 0 Å². The van der Waals surface area contributed by atoms with Crippen molar-refractivity contribution in [2.24, 2.45) is 5.41 Å². The van der Waals surface area contributed by atoms with Gasteiger partial charge in [-0.05, 0) is 47.1 Å². The highest BCUT2D eigenvalue weighted by atomic mass is 16.5. The van der Waals surface area contributed by atoms with Crippen LogP contribution in [0.4, 0.5) is 0 Å². The molecule has 0 aromatic heterocycles. The molecule has 1 N–H and O–H groups in total. The minimum Gasteiger partial charge on any atom is -0.465 e. The van der Waals surface area contributed by atoms with Gasteiger partial charge >= 0.3 is 5.97 Å². The third kappa shape index (κ3) is 6.41. The van der Waals surface area contributed by atoms with Gasteiger partial charge in [-0.2, -0.15) is 5.26 Å². The summed E-state index contributed by atoms with van der Waals surface area (Å²) in [7, 11) is 0. The molecule has 16 heavy (non-hydrogen) atoms. The fourth-order valence-electron chi connectivity index (χ4n) is 1.26. The molecule has 0 heterocycles. The first-order valence-electron chi connectivity index (χ1n) is 5.74. The molecule has 0 saturated carbocycles. The Morgan fingerprint density at radius 1 is 1.56 bits per heavy atom. The molecular weight excluding hydrogens is 204 g/mol. The summed E-state index contributed by atoms with van der Waals surface area (Å²) < 4.78 is 4.87. The van der Waals surface area contributed by atoms with Crippen LogP contribution in [0.1, 0.15) is 40.5 Å². The van der Waals surface area contributed by atoms with Crippen molar-refractivity contribution in [3.8, 4) is 6.07 Å². The van der Waals surface area contributed by atoms with Gasteiger partial charge in [0.25, 0.3) is 0 Å². The van der Waals surface area contributed by atoms with Crippen molar-refractivity contribution >= 4 is 5.97 Å². The van der Waals surface area contributed by atoms with Crippen LogP contribution in [0.2, 0.25) is 0 Å². The Balaban J connectivity index is 3.67. The molecule has 0 aliphatic carbocycles.